The SMILES string of the molecule is Cc1ccc(C(=O)NC2CCN(Cc3ccccc3)CC2)cc1Br. The highest BCUT2D eigenvalue weighted by atomic mass is 79.9. The minimum absolute atomic E-state index is 0.0252. The molecule has 0 atom stereocenters. The van der Waals surface area contributed by atoms with E-state index in [0.29, 0.717) is 0 Å². The number of likely N-dealkylation sites (tertiary alicyclic amines) is 1. The fourth-order valence-corrected chi connectivity index (χ4v) is 3.46. The Balaban J connectivity index is 1.50. The monoisotopic (exact) mass is 386 g/mol. The molecule has 1 fully saturated rings. The molecule has 3 nitrogen and oxygen atoms in total. The molecule has 0 radical (unpaired) electrons. The van der Waals surface area contributed by atoms with Gasteiger partial charge in [0.1, 0.15) is 0 Å². The molecule has 1 heterocycles. The quantitative estimate of drug-likeness (QED) is 0.855. The van der Waals surface area contributed by atoms with E-state index in [9.17, 15) is 4.79 Å². The molecule has 1 N–H and O–H groups in total. The third kappa shape index (κ3) is 4.46. The van der Waals surface area contributed by atoms with Gasteiger partial charge < -0.3 is 5.32 Å². The van der Waals surface area contributed by atoms with Gasteiger partial charge in [-0.05, 0) is 43.0 Å². The number of aryl methyl sites for hydroxylation is 1. The number of benzene rings is 2. The fraction of sp³-hybridized carbons (Fsp3) is 0.350. The maximum atomic E-state index is 12.4. The minimum atomic E-state index is 0.0252. The van der Waals surface area contributed by atoms with Crippen LogP contribution in [0.2, 0.25) is 0 Å². The lowest BCUT2D eigenvalue weighted by molar-refractivity contribution is 0.0909. The van der Waals surface area contributed by atoms with E-state index in [4.69, 9.17) is 0 Å². The summed E-state index contributed by atoms with van der Waals surface area (Å²) in [7, 11) is 0. The molecule has 0 spiro atoms. The van der Waals surface area contributed by atoms with Crippen molar-refractivity contribution in [2.75, 3.05) is 13.1 Å². The molecule has 1 aliphatic heterocycles. The first-order chi connectivity index (χ1) is 11.6. The van der Waals surface area contributed by atoms with Crippen molar-refractivity contribution >= 4 is 21.8 Å². The summed E-state index contributed by atoms with van der Waals surface area (Å²) in [5.41, 5.74) is 3.21. The van der Waals surface area contributed by atoms with Crippen molar-refractivity contribution in [3.8, 4) is 0 Å². The summed E-state index contributed by atoms with van der Waals surface area (Å²) in [6.07, 6.45) is 2.01. The number of hydrogen-bond donors (Lipinski definition) is 1. The number of amides is 1. The van der Waals surface area contributed by atoms with Gasteiger partial charge in [0.15, 0.2) is 0 Å². The van der Waals surface area contributed by atoms with Gasteiger partial charge in [-0.25, -0.2) is 0 Å². The number of carbonyl (C=O) groups is 1. The summed E-state index contributed by atoms with van der Waals surface area (Å²) in [4.78, 5) is 14.9. The third-order valence-corrected chi connectivity index (χ3v) is 5.46. The van der Waals surface area contributed by atoms with Crippen LogP contribution < -0.4 is 5.32 Å². The maximum absolute atomic E-state index is 12.4. The van der Waals surface area contributed by atoms with Crippen molar-refractivity contribution in [2.45, 2.75) is 32.4 Å². The summed E-state index contributed by atoms with van der Waals surface area (Å²) in [6.45, 7) is 5.06. The van der Waals surface area contributed by atoms with Crippen LogP contribution in [0.5, 0.6) is 0 Å². The van der Waals surface area contributed by atoms with E-state index in [1.165, 1.54) is 5.56 Å². The summed E-state index contributed by atoms with van der Waals surface area (Å²) in [5, 5.41) is 3.18. The van der Waals surface area contributed by atoms with Crippen LogP contribution in [0.4, 0.5) is 0 Å². The van der Waals surface area contributed by atoms with Crippen LogP contribution in [-0.4, -0.2) is 29.9 Å². The highest BCUT2D eigenvalue weighted by Gasteiger charge is 2.21. The Bertz CT molecular complexity index is 694. The van der Waals surface area contributed by atoms with E-state index < -0.39 is 0 Å². The second kappa shape index (κ2) is 7.95. The Morgan fingerprint density at radius 2 is 1.88 bits per heavy atom. The van der Waals surface area contributed by atoms with E-state index in [1.807, 2.05) is 25.1 Å². The van der Waals surface area contributed by atoms with Crippen LogP contribution in [0, 0.1) is 6.92 Å². The summed E-state index contributed by atoms with van der Waals surface area (Å²) in [6, 6.07) is 16.6. The third-order valence-electron chi connectivity index (χ3n) is 4.61. The number of nitrogens with one attached hydrogen (secondary N) is 1. The van der Waals surface area contributed by atoms with E-state index in [2.05, 4.69) is 56.5 Å². The van der Waals surface area contributed by atoms with Crippen LogP contribution in [0.15, 0.2) is 53.0 Å². The Labute approximate surface area is 152 Å². The van der Waals surface area contributed by atoms with E-state index in [1.54, 1.807) is 0 Å². The number of halogens is 1. The van der Waals surface area contributed by atoms with Gasteiger partial charge in [0.25, 0.3) is 5.91 Å². The molecule has 2 aromatic carbocycles. The van der Waals surface area contributed by atoms with Crippen LogP contribution in [0.3, 0.4) is 0 Å². The smallest absolute Gasteiger partial charge is 0.251 e. The molecular formula is C20H23BrN2O. The van der Waals surface area contributed by atoms with Gasteiger partial charge in [-0.2, -0.15) is 0 Å². The second-order valence-electron chi connectivity index (χ2n) is 6.47. The van der Waals surface area contributed by atoms with E-state index >= 15 is 0 Å². The number of piperidine rings is 1. The molecule has 126 valence electrons. The predicted molar refractivity (Wildman–Crippen MR) is 101 cm³/mol. The average Bonchev–Trinajstić information content (AvgIpc) is 2.60. The molecular weight excluding hydrogens is 364 g/mol. The van der Waals surface area contributed by atoms with Crippen molar-refractivity contribution in [2.24, 2.45) is 0 Å². The van der Waals surface area contributed by atoms with Gasteiger partial charge in [0.2, 0.25) is 0 Å². The highest BCUT2D eigenvalue weighted by Crippen LogP contribution is 2.18. The van der Waals surface area contributed by atoms with Gasteiger partial charge in [-0.1, -0.05) is 52.3 Å². The van der Waals surface area contributed by atoms with Gasteiger partial charge >= 0.3 is 0 Å². The first-order valence-corrected chi connectivity index (χ1v) is 9.24. The predicted octanol–water partition coefficient (Wildman–Crippen LogP) is 4.15. The fourth-order valence-electron chi connectivity index (χ4n) is 3.08. The number of carbonyl (C=O) groups excluding carboxylic acids is 1. The summed E-state index contributed by atoms with van der Waals surface area (Å²) >= 11 is 3.49. The first kappa shape index (κ1) is 17.2. The molecule has 1 saturated heterocycles. The molecule has 0 aliphatic carbocycles. The standard InChI is InChI=1S/C20H23BrN2O/c1-15-7-8-17(13-19(15)21)20(24)22-18-9-11-23(12-10-18)14-16-5-3-2-4-6-16/h2-8,13,18H,9-12,14H2,1H3,(H,22,24). The van der Waals surface area contributed by atoms with Crippen LogP contribution >= 0.6 is 15.9 Å². The average molecular weight is 387 g/mol. The molecule has 1 aliphatic rings. The molecule has 1 amide bonds. The first-order valence-electron chi connectivity index (χ1n) is 8.45. The zero-order valence-electron chi connectivity index (χ0n) is 14.0. The molecule has 0 aromatic heterocycles. The zero-order valence-corrected chi connectivity index (χ0v) is 15.6. The summed E-state index contributed by atoms with van der Waals surface area (Å²) in [5.74, 6) is 0.0252. The minimum Gasteiger partial charge on any atom is -0.349 e. The lowest BCUT2D eigenvalue weighted by Gasteiger charge is -2.32. The second-order valence-corrected chi connectivity index (χ2v) is 7.33. The van der Waals surface area contributed by atoms with Crippen molar-refractivity contribution in [1.29, 1.82) is 0 Å². The number of hydrogen-bond acceptors (Lipinski definition) is 2. The molecule has 0 unspecified atom stereocenters. The molecule has 0 bridgehead atoms. The topological polar surface area (TPSA) is 32.3 Å². The van der Waals surface area contributed by atoms with Crippen LogP contribution in [0.25, 0.3) is 0 Å². The van der Waals surface area contributed by atoms with Gasteiger partial charge in [0.05, 0.1) is 0 Å². The lowest BCUT2D eigenvalue weighted by atomic mass is 10.0. The Morgan fingerprint density at radius 3 is 2.54 bits per heavy atom. The zero-order chi connectivity index (χ0) is 16.9. The van der Waals surface area contributed by atoms with Crippen molar-refractivity contribution < 1.29 is 4.79 Å². The van der Waals surface area contributed by atoms with Gasteiger partial charge in [-0.3, -0.25) is 9.69 Å². The summed E-state index contributed by atoms with van der Waals surface area (Å²) < 4.78 is 0.979. The van der Waals surface area contributed by atoms with Gasteiger partial charge in [-0.15, -0.1) is 0 Å². The maximum Gasteiger partial charge on any atom is 0.251 e. The number of nitrogens with zero attached hydrogens (tertiary/aromatic N) is 1. The lowest BCUT2D eigenvalue weighted by Crippen LogP contribution is -2.44. The normalized spacial score (nSPS) is 16.1. The molecule has 4 heteroatoms. The molecule has 3 rings (SSSR count). The van der Waals surface area contributed by atoms with Crippen molar-refractivity contribution in [1.82, 2.24) is 10.2 Å². The Hall–Kier alpha value is -1.65. The molecule has 24 heavy (non-hydrogen) atoms. The Kier molecular flexibility index (Phi) is 5.69. The Morgan fingerprint density at radius 1 is 1.17 bits per heavy atom. The van der Waals surface area contributed by atoms with Gasteiger partial charge in [0, 0.05) is 35.7 Å². The number of rotatable bonds is 4. The largest absolute Gasteiger partial charge is 0.349 e. The van der Waals surface area contributed by atoms with E-state index in [0.717, 1.165) is 48.1 Å². The van der Waals surface area contributed by atoms with Crippen molar-refractivity contribution in [3.63, 3.8) is 0 Å². The van der Waals surface area contributed by atoms with E-state index in [-0.39, 0.29) is 11.9 Å². The molecule has 0 saturated carbocycles. The van der Waals surface area contributed by atoms with Crippen LogP contribution in [-0.2, 0) is 6.54 Å². The molecule has 2 aromatic rings. The van der Waals surface area contributed by atoms with Crippen LogP contribution in [0.1, 0.15) is 34.3 Å². The highest BCUT2D eigenvalue weighted by molar-refractivity contribution is 9.10. The van der Waals surface area contributed by atoms with Crippen molar-refractivity contribution in [3.05, 3.63) is 69.7 Å².